The van der Waals surface area contributed by atoms with Crippen molar-refractivity contribution in [2.24, 2.45) is 23.7 Å². The molecule has 1 amide bonds. The largest absolute Gasteiger partial charge is 0.454 e. The van der Waals surface area contributed by atoms with Gasteiger partial charge in [-0.15, -0.1) is 0 Å². The number of hydrogen-bond acceptors (Lipinski definition) is 2. The molecule has 0 spiro atoms. The average Bonchev–Trinajstić information content (AvgIpc) is 2.69. The van der Waals surface area contributed by atoms with E-state index in [-0.39, 0.29) is 11.7 Å². The zero-order valence-electron chi connectivity index (χ0n) is 17.1. The van der Waals surface area contributed by atoms with Gasteiger partial charge in [-0.25, -0.2) is 4.39 Å². The Morgan fingerprint density at radius 3 is 2.10 bits per heavy atom. The lowest BCUT2D eigenvalue weighted by molar-refractivity contribution is -0.00279. The average molecular weight is 394 g/mol. The van der Waals surface area contributed by atoms with Gasteiger partial charge >= 0.3 is 0 Å². The molecule has 0 aliphatic heterocycles. The van der Waals surface area contributed by atoms with Crippen LogP contribution in [0.3, 0.4) is 0 Å². The zero-order valence-corrected chi connectivity index (χ0v) is 17.1. The Labute approximate surface area is 171 Å². The smallest absolute Gasteiger partial charge is 0.253 e. The highest BCUT2D eigenvalue weighted by atomic mass is 19.1. The third-order valence-electron chi connectivity index (χ3n) is 7.30. The molecule has 6 rings (SSSR count). The van der Waals surface area contributed by atoms with Crippen LogP contribution in [-0.2, 0) is 0 Å². The molecule has 4 aliphatic carbocycles. The molecular formula is C25H28FNO2. The Bertz CT molecular complexity index is 893. The molecule has 4 heteroatoms. The number of amides is 1. The first-order valence-corrected chi connectivity index (χ1v) is 10.8. The van der Waals surface area contributed by atoms with Gasteiger partial charge in [0.1, 0.15) is 5.75 Å². The number of nitrogens with zero attached hydrogens (tertiary/aromatic N) is 1. The van der Waals surface area contributed by atoms with Crippen LogP contribution in [0, 0.1) is 29.5 Å². The fourth-order valence-electron chi connectivity index (χ4n) is 6.33. The van der Waals surface area contributed by atoms with Crippen molar-refractivity contribution in [3.05, 3.63) is 59.4 Å². The molecule has 0 saturated heterocycles. The highest BCUT2D eigenvalue weighted by Crippen LogP contribution is 2.59. The molecule has 152 valence electrons. The van der Waals surface area contributed by atoms with Gasteiger partial charge in [0, 0.05) is 19.7 Å². The summed E-state index contributed by atoms with van der Waals surface area (Å²) in [7, 11) is 3.30. The highest BCUT2D eigenvalue weighted by Gasteiger charge is 2.48. The summed E-state index contributed by atoms with van der Waals surface area (Å²) in [6.45, 7) is 0. The van der Waals surface area contributed by atoms with E-state index in [0.29, 0.717) is 17.2 Å². The normalized spacial score (nSPS) is 29.7. The van der Waals surface area contributed by atoms with Crippen molar-refractivity contribution in [2.75, 3.05) is 14.1 Å². The van der Waals surface area contributed by atoms with Crippen LogP contribution in [0.2, 0.25) is 0 Å². The maximum Gasteiger partial charge on any atom is 0.253 e. The Hall–Kier alpha value is -2.36. The molecule has 0 N–H and O–H groups in total. The summed E-state index contributed by atoms with van der Waals surface area (Å²) in [5.74, 6) is 4.34. The topological polar surface area (TPSA) is 29.5 Å². The number of carbonyl (C=O) groups excluding carboxylic acids is 1. The van der Waals surface area contributed by atoms with Gasteiger partial charge in [0.25, 0.3) is 5.91 Å². The Kier molecular flexibility index (Phi) is 4.60. The predicted molar refractivity (Wildman–Crippen MR) is 111 cm³/mol. The van der Waals surface area contributed by atoms with Crippen LogP contribution in [0.1, 0.15) is 53.9 Å². The van der Waals surface area contributed by atoms with Crippen LogP contribution in [0.4, 0.5) is 4.39 Å². The second-order valence-electron chi connectivity index (χ2n) is 9.47. The van der Waals surface area contributed by atoms with Gasteiger partial charge in [-0.3, -0.25) is 4.79 Å². The molecule has 0 unspecified atom stereocenters. The second kappa shape index (κ2) is 7.16. The van der Waals surface area contributed by atoms with Crippen molar-refractivity contribution in [1.82, 2.24) is 4.90 Å². The van der Waals surface area contributed by atoms with E-state index in [1.807, 2.05) is 12.1 Å². The number of rotatable bonds is 4. The first-order valence-electron chi connectivity index (χ1n) is 10.8. The van der Waals surface area contributed by atoms with Crippen LogP contribution in [0.15, 0.2) is 42.5 Å². The molecule has 29 heavy (non-hydrogen) atoms. The number of halogens is 1. The molecule has 0 aromatic heterocycles. The Balaban J connectivity index is 1.31. The van der Waals surface area contributed by atoms with E-state index in [0.717, 1.165) is 23.7 Å². The summed E-state index contributed by atoms with van der Waals surface area (Å²) in [6, 6.07) is 12.6. The van der Waals surface area contributed by atoms with Crippen molar-refractivity contribution in [3.63, 3.8) is 0 Å². The van der Waals surface area contributed by atoms with Crippen LogP contribution in [0.25, 0.3) is 0 Å². The molecule has 3 nitrogen and oxygen atoms in total. The lowest BCUT2D eigenvalue weighted by Crippen LogP contribution is -2.43. The van der Waals surface area contributed by atoms with Gasteiger partial charge < -0.3 is 9.64 Å². The summed E-state index contributed by atoms with van der Waals surface area (Å²) in [4.78, 5) is 13.4. The van der Waals surface area contributed by atoms with E-state index in [1.54, 1.807) is 20.2 Å². The van der Waals surface area contributed by atoms with Crippen molar-refractivity contribution in [3.8, 4) is 11.5 Å². The van der Waals surface area contributed by atoms with E-state index >= 15 is 0 Å². The van der Waals surface area contributed by atoms with Gasteiger partial charge in [-0.05, 0) is 97.6 Å². The summed E-state index contributed by atoms with van der Waals surface area (Å²) in [6.07, 6.45) is 7.08. The predicted octanol–water partition coefficient (Wildman–Crippen LogP) is 5.86. The number of hydrogen-bond donors (Lipinski definition) is 0. The first-order chi connectivity index (χ1) is 14.0. The van der Waals surface area contributed by atoms with E-state index in [1.165, 1.54) is 54.7 Å². The summed E-state index contributed by atoms with van der Waals surface area (Å²) in [5.41, 5.74) is 1.73. The van der Waals surface area contributed by atoms with Gasteiger partial charge in [0.05, 0.1) is 0 Å². The zero-order chi connectivity index (χ0) is 20.1. The van der Waals surface area contributed by atoms with E-state index in [9.17, 15) is 9.18 Å². The van der Waals surface area contributed by atoms with Gasteiger partial charge in [0.2, 0.25) is 0 Å². The van der Waals surface area contributed by atoms with Crippen molar-refractivity contribution < 1.29 is 13.9 Å². The summed E-state index contributed by atoms with van der Waals surface area (Å²) >= 11 is 0. The minimum Gasteiger partial charge on any atom is -0.454 e. The monoisotopic (exact) mass is 393 g/mol. The fraction of sp³-hybridized carbons (Fsp3) is 0.480. The van der Waals surface area contributed by atoms with Crippen LogP contribution in [0.5, 0.6) is 11.5 Å². The SMILES string of the molecule is CN(C)C(=O)c1ccc(Oc2ccc(C3C4CC5CC(C4)CC3C5)cc2)c(F)c1. The minimum absolute atomic E-state index is 0.141. The van der Waals surface area contributed by atoms with Crippen molar-refractivity contribution >= 4 is 5.91 Å². The molecule has 0 radical (unpaired) electrons. The number of ether oxygens (including phenoxy) is 1. The van der Waals surface area contributed by atoms with Crippen LogP contribution >= 0.6 is 0 Å². The van der Waals surface area contributed by atoms with Crippen LogP contribution < -0.4 is 4.74 Å². The van der Waals surface area contributed by atoms with E-state index in [2.05, 4.69) is 12.1 Å². The maximum absolute atomic E-state index is 14.4. The lowest BCUT2D eigenvalue weighted by Gasteiger charge is -2.54. The molecule has 2 aromatic rings. The third-order valence-corrected chi connectivity index (χ3v) is 7.30. The van der Waals surface area contributed by atoms with E-state index in [4.69, 9.17) is 4.74 Å². The molecular weight excluding hydrogens is 365 g/mol. The van der Waals surface area contributed by atoms with Crippen molar-refractivity contribution in [2.45, 2.75) is 38.0 Å². The Morgan fingerprint density at radius 1 is 0.931 bits per heavy atom. The number of carbonyl (C=O) groups is 1. The summed E-state index contributed by atoms with van der Waals surface area (Å²) in [5, 5.41) is 0. The second-order valence-corrected chi connectivity index (χ2v) is 9.47. The molecule has 0 atom stereocenters. The fourth-order valence-corrected chi connectivity index (χ4v) is 6.33. The standard InChI is InChI=1S/C25H28FNO2/c1-27(2)25(28)18-5-8-23(22(26)14-18)29-21-6-3-17(4-7-21)24-19-10-15-9-16(12-19)13-20(24)11-15/h3-8,14-16,19-20,24H,9-13H2,1-2H3. The summed E-state index contributed by atoms with van der Waals surface area (Å²) < 4.78 is 20.2. The quantitative estimate of drug-likeness (QED) is 0.651. The Morgan fingerprint density at radius 2 is 1.55 bits per heavy atom. The molecule has 0 heterocycles. The van der Waals surface area contributed by atoms with Gasteiger partial charge in [-0.1, -0.05) is 12.1 Å². The lowest BCUT2D eigenvalue weighted by atomic mass is 9.51. The minimum atomic E-state index is -0.525. The molecule has 4 bridgehead atoms. The molecule has 4 fully saturated rings. The molecule has 2 aromatic carbocycles. The van der Waals surface area contributed by atoms with Crippen LogP contribution in [-0.4, -0.2) is 24.9 Å². The first kappa shape index (κ1) is 18.7. The van der Waals surface area contributed by atoms with Gasteiger partial charge in [0.15, 0.2) is 11.6 Å². The third kappa shape index (κ3) is 3.43. The highest BCUT2D eigenvalue weighted by molar-refractivity contribution is 5.94. The maximum atomic E-state index is 14.4. The van der Waals surface area contributed by atoms with Crippen molar-refractivity contribution in [1.29, 1.82) is 0 Å². The van der Waals surface area contributed by atoms with E-state index < -0.39 is 5.82 Å². The number of benzene rings is 2. The van der Waals surface area contributed by atoms with Gasteiger partial charge in [-0.2, -0.15) is 0 Å². The molecule has 4 saturated carbocycles. The molecule has 4 aliphatic rings.